The standard InChI is InChI=1S/C17H18BrN3O2S/c1-2-15-11-16(18)6-7-17(15)24(22,23)21(10-4-8-19)13-14-5-3-9-20-12-14/h3,5-7,9,11-12H,2,4,10,13H2,1H3. The molecule has 1 heterocycles. The van der Waals surface area contributed by atoms with Crippen LogP contribution in [0.1, 0.15) is 24.5 Å². The van der Waals surface area contributed by atoms with Crippen molar-refractivity contribution in [3.05, 3.63) is 58.3 Å². The summed E-state index contributed by atoms with van der Waals surface area (Å²) in [7, 11) is -3.70. The minimum atomic E-state index is -3.70. The topological polar surface area (TPSA) is 74.1 Å². The molecule has 2 rings (SSSR count). The molecular formula is C17H18BrN3O2S. The van der Waals surface area contributed by atoms with E-state index >= 15 is 0 Å². The molecule has 0 spiro atoms. The van der Waals surface area contributed by atoms with Gasteiger partial charge in [0.05, 0.1) is 11.0 Å². The van der Waals surface area contributed by atoms with Crippen LogP contribution in [0.2, 0.25) is 0 Å². The van der Waals surface area contributed by atoms with Gasteiger partial charge in [-0.3, -0.25) is 4.98 Å². The van der Waals surface area contributed by atoms with Gasteiger partial charge in [0, 0.05) is 36.4 Å². The summed E-state index contributed by atoms with van der Waals surface area (Å²) in [5.74, 6) is 0. The number of nitrogens with zero attached hydrogens (tertiary/aromatic N) is 3. The van der Waals surface area contributed by atoms with E-state index in [0.29, 0.717) is 6.42 Å². The third-order valence-corrected chi connectivity index (χ3v) is 6.01. The van der Waals surface area contributed by atoms with Crippen LogP contribution in [0.4, 0.5) is 0 Å². The molecule has 7 heteroatoms. The molecule has 0 unspecified atom stereocenters. The van der Waals surface area contributed by atoms with Gasteiger partial charge in [-0.2, -0.15) is 9.57 Å². The predicted octanol–water partition coefficient (Wildman–Crippen LogP) is 3.51. The van der Waals surface area contributed by atoms with Crippen molar-refractivity contribution >= 4 is 26.0 Å². The van der Waals surface area contributed by atoms with Gasteiger partial charge >= 0.3 is 0 Å². The van der Waals surface area contributed by atoms with Crippen LogP contribution in [0, 0.1) is 11.3 Å². The minimum absolute atomic E-state index is 0.136. The molecule has 0 radical (unpaired) electrons. The van der Waals surface area contributed by atoms with E-state index in [9.17, 15) is 8.42 Å². The van der Waals surface area contributed by atoms with Crippen molar-refractivity contribution in [3.8, 4) is 6.07 Å². The van der Waals surface area contributed by atoms with Crippen molar-refractivity contribution < 1.29 is 8.42 Å². The second-order valence-electron chi connectivity index (χ2n) is 5.21. The monoisotopic (exact) mass is 407 g/mol. The van der Waals surface area contributed by atoms with Gasteiger partial charge in [0.2, 0.25) is 10.0 Å². The third kappa shape index (κ3) is 4.41. The molecule has 24 heavy (non-hydrogen) atoms. The molecule has 1 aromatic heterocycles. The van der Waals surface area contributed by atoms with Gasteiger partial charge in [-0.25, -0.2) is 8.42 Å². The van der Waals surface area contributed by atoms with Crippen molar-refractivity contribution in [1.29, 1.82) is 5.26 Å². The highest BCUT2D eigenvalue weighted by atomic mass is 79.9. The van der Waals surface area contributed by atoms with Crippen LogP contribution in [0.15, 0.2) is 52.1 Å². The fraction of sp³-hybridized carbons (Fsp3) is 0.294. The lowest BCUT2D eigenvalue weighted by Crippen LogP contribution is -2.32. The molecule has 2 aromatic rings. The number of sulfonamides is 1. The minimum Gasteiger partial charge on any atom is -0.264 e. The number of pyridine rings is 1. The van der Waals surface area contributed by atoms with E-state index in [2.05, 4.69) is 20.9 Å². The Balaban J connectivity index is 2.42. The van der Waals surface area contributed by atoms with Gasteiger partial charge in [0.15, 0.2) is 0 Å². The first-order valence-electron chi connectivity index (χ1n) is 7.53. The van der Waals surface area contributed by atoms with E-state index in [1.807, 2.05) is 25.1 Å². The van der Waals surface area contributed by atoms with Crippen molar-refractivity contribution in [2.24, 2.45) is 0 Å². The van der Waals surface area contributed by atoms with Crippen molar-refractivity contribution in [3.63, 3.8) is 0 Å². The van der Waals surface area contributed by atoms with Crippen molar-refractivity contribution in [2.45, 2.75) is 31.2 Å². The van der Waals surface area contributed by atoms with Crippen LogP contribution >= 0.6 is 15.9 Å². The van der Waals surface area contributed by atoms with E-state index in [0.717, 1.165) is 15.6 Å². The lowest BCUT2D eigenvalue weighted by molar-refractivity contribution is 0.412. The smallest absolute Gasteiger partial charge is 0.243 e. The number of aromatic nitrogens is 1. The van der Waals surface area contributed by atoms with Crippen LogP contribution < -0.4 is 0 Å². The van der Waals surface area contributed by atoms with E-state index in [1.54, 1.807) is 30.6 Å². The van der Waals surface area contributed by atoms with Crippen LogP contribution in [-0.2, 0) is 23.0 Å². The number of hydrogen-bond donors (Lipinski definition) is 0. The summed E-state index contributed by atoms with van der Waals surface area (Å²) in [6.07, 6.45) is 4.02. The summed E-state index contributed by atoms with van der Waals surface area (Å²) in [5, 5.41) is 8.86. The van der Waals surface area contributed by atoms with E-state index < -0.39 is 10.0 Å². The molecule has 1 aromatic carbocycles. The zero-order chi connectivity index (χ0) is 17.6. The van der Waals surface area contributed by atoms with Gasteiger partial charge in [0.25, 0.3) is 0 Å². The van der Waals surface area contributed by atoms with Gasteiger partial charge in [-0.1, -0.05) is 28.9 Å². The predicted molar refractivity (Wildman–Crippen MR) is 95.6 cm³/mol. The fourth-order valence-corrected chi connectivity index (χ4v) is 4.48. The molecule has 0 fully saturated rings. The van der Waals surface area contributed by atoms with Crippen LogP contribution in [0.5, 0.6) is 0 Å². The molecule has 0 bridgehead atoms. The van der Waals surface area contributed by atoms with Crippen molar-refractivity contribution in [2.75, 3.05) is 6.54 Å². The summed E-state index contributed by atoms with van der Waals surface area (Å²) in [6.45, 7) is 2.26. The second-order valence-corrected chi connectivity index (χ2v) is 8.04. The normalized spacial score (nSPS) is 11.4. The highest BCUT2D eigenvalue weighted by molar-refractivity contribution is 9.10. The zero-order valence-corrected chi connectivity index (χ0v) is 15.7. The van der Waals surface area contributed by atoms with Gasteiger partial charge in [0.1, 0.15) is 0 Å². The molecule has 0 aliphatic rings. The summed E-state index contributed by atoms with van der Waals surface area (Å²) < 4.78 is 28.4. The zero-order valence-electron chi connectivity index (χ0n) is 13.3. The maximum atomic E-state index is 13.1. The lowest BCUT2D eigenvalue weighted by atomic mass is 10.2. The van der Waals surface area contributed by atoms with Crippen LogP contribution in [0.25, 0.3) is 0 Å². The lowest BCUT2D eigenvalue weighted by Gasteiger charge is -2.22. The SMILES string of the molecule is CCc1cc(Br)ccc1S(=O)(=O)N(CCC#N)Cc1cccnc1. The number of hydrogen-bond acceptors (Lipinski definition) is 4. The molecule has 5 nitrogen and oxygen atoms in total. The first kappa shape index (κ1) is 18.6. The van der Waals surface area contributed by atoms with Gasteiger partial charge in [-0.15, -0.1) is 0 Å². The number of nitriles is 1. The number of halogens is 1. The Morgan fingerprint density at radius 1 is 1.33 bits per heavy atom. The first-order valence-corrected chi connectivity index (χ1v) is 9.76. The van der Waals surface area contributed by atoms with E-state index in [1.165, 1.54) is 4.31 Å². The summed E-state index contributed by atoms with van der Waals surface area (Å²) >= 11 is 3.38. The Bertz CT molecular complexity index is 833. The van der Waals surface area contributed by atoms with Gasteiger partial charge in [-0.05, 0) is 41.8 Å². The Hall–Kier alpha value is -1.75. The highest BCUT2D eigenvalue weighted by Crippen LogP contribution is 2.25. The molecule has 0 aliphatic carbocycles. The highest BCUT2D eigenvalue weighted by Gasteiger charge is 2.26. The van der Waals surface area contributed by atoms with E-state index in [4.69, 9.17) is 5.26 Å². The molecule has 0 N–H and O–H groups in total. The fourth-order valence-electron chi connectivity index (χ4n) is 2.37. The summed E-state index contributed by atoms with van der Waals surface area (Å²) in [6, 6.07) is 10.8. The number of rotatable bonds is 7. The number of aryl methyl sites for hydroxylation is 1. The average molecular weight is 408 g/mol. The van der Waals surface area contributed by atoms with Crippen LogP contribution in [-0.4, -0.2) is 24.3 Å². The first-order chi connectivity index (χ1) is 11.5. The molecule has 0 aliphatic heterocycles. The molecule has 0 amide bonds. The molecular weight excluding hydrogens is 390 g/mol. The largest absolute Gasteiger partial charge is 0.264 e. The Morgan fingerprint density at radius 3 is 2.75 bits per heavy atom. The molecule has 0 saturated heterocycles. The van der Waals surface area contributed by atoms with Gasteiger partial charge < -0.3 is 0 Å². The quantitative estimate of drug-likeness (QED) is 0.703. The van der Waals surface area contributed by atoms with Crippen molar-refractivity contribution in [1.82, 2.24) is 9.29 Å². The Kier molecular flexibility index (Phi) is 6.49. The van der Waals surface area contributed by atoms with Crippen LogP contribution in [0.3, 0.4) is 0 Å². The second kappa shape index (κ2) is 8.38. The molecule has 126 valence electrons. The summed E-state index contributed by atoms with van der Waals surface area (Å²) in [5.41, 5.74) is 1.53. The summed E-state index contributed by atoms with van der Waals surface area (Å²) in [4.78, 5) is 4.31. The number of benzene rings is 1. The maximum Gasteiger partial charge on any atom is 0.243 e. The average Bonchev–Trinajstić information content (AvgIpc) is 2.59. The maximum absolute atomic E-state index is 13.1. The Labute approximate surface area is 151 Å². The molecule has 0 saturated carbocycles. The Morgan fingerprint density at radius 2 is 2.12 bits per heavy atom. The third-order valence-electron chi connectivity index (χ3n) is 3.58. The van der Waals surface area contributed by atoms with E-state index in [-0.39, 0.29) is 24.4 Å². The molecule has 0 atom stereocenters.